The van der Waals surface area contributed by atoms with Crippen LogP contribution in [0.5, 0.6) is 5.75 Å². The van der Waals surface area contributed by atoms with Crippen molar-refractivity contribution in [2.45, 2.75) is 13.8 Å². The summed E-state index contributed by atoms with van der Waals surface area (Å²) in [6.07, 6.45) is 0. The molecule has 0 aliphatic rings. The van der Waals surface area contributed by atoms with E-state index in [2.05, 4.69) is 5.32 Å². The van der Waals surface area contributed by atoms with Crippen LogP contribution in [-0.4, -0.2) is 42.0 Å². The second-order valence-electron chi connectivity index (χ2n) is 7.06. The number of amides is 1. The number of esters is 1. The molecule has 0 unspecified atom stereocenters. The summed E-state index contributed by atoms with van der Waals surface area (Å²) in [5.74, 6) is -1.48. The molecule has 1 heterocycles. The minimum atomic E-state index is -0.745. The molecular formula is C24H23FN2O5. The number of rotatable bonds is 9. The molecule has 166 valence electrons. The predicted molar refractivity (Wildman–Crippen MR) is 115 cm³/mol. The molecule has 0 aliphatic carbocycles. The van der Waals surface area contributed by atoms with E-state index in [0.717, 1.165) is 5.69 Å². The Morgan fingerprint density at radius 3 is 2.44 bits per heavy atom. The van der Waals surface area contributed by atoms with Crippen LogP contribution in [0.3, 0.4) is 0 Å². The molecule has 7 nitrogen and oxygen atoms in total. The minimum absolute atomic E-state index is 0.248. The number of aromatic nitrogens is 1. The maximum Gasteiger partial charge on any atom is 0.325 e. The van der Waals surface area contributed by atoms with Crippen molar-refractivity contribution in [3.63, 3.8) is 0 Å². The van der Waals surface area contributed by atoms with Gasteiger partial charge in [-0.1, -0.05) is 24.3 Å². The quantitative estimate of drug-likeness (QED) is 0.410. The van der Waals surface area contributed by atoms with Crippen LogP contribution in [0.2, 0.25) is 0 Å². The fourth-order valence-electron chi connectivity index (χ4n) is 3.22. The van der Waals surface area contributed by atoms with Crippen LogP contribution >= 0.6 is 0 Å². The summed E-state index contributed by atoms with van der Waals surface area (Å²) in [6.45, 7) is 2.44. The fraction of sp³-hybridized carbons (Fsp3) is 0.208. The van der Waals surface area contributed by atoms with Crippen molar-refractivity contribution < 1.29 is 28.2 Å². The van der Waals surface area contributed by atoms with Crippen LogP contribution < -0.4 is 10.1 Å². The molecule has 2 aromatic carbocycles. The molecule has 32 heavy (non-hydrogen) atoms. The lowest BCUT2D eigenvalue weighted by atomic mass is 10.1. The maximum atomic E-state index is 13.6. The molecule has 1 aromatic heterocycles. The first-order valence-corrected chi connectivity index (χ1v) is 9.93. The second kappa shape index (κ2) is 10.4. The molecule has 3 aromatic rings. The predicted octanol–water partition coefficient (Wildman–Crippen LogP) is 3.15. The van der Waals surface area contributed by atoms with Gasteiger partial charge in [-0.25, -0.2) is 4.39 Å². The summed E-state index contributed by atoms with van der Waals surface area (Å²) >= 11 is 0. The Bertz CT molecular complexity index is 1120. The molecule has 0 fully saturated rings. The monoisotopic (exact) mass is 438 g/mol. The molecule has 1 amide bonds. The minimum Gasteiger partial charge on any atom is -0.484 e. The molecule has 0 radical (unpaired) electrons. The second-order valence-corrected chi connectivity index (χ2v) is 7.06. The van der Waals surface area contributed by atoms with E-state index in [9.17, 15) is 18.8 Å². The standard InChI is InChI=1S/C24H23FN2O5/c1-16-11-21(17(2)27(16)19-8-6-7-18(25)12-19)22(28)14-32-24(30)13-26-23(29)15-31-20-9-4-3-5-10-20/h3-12H,13-15H2,1-2H3,(H,26,29). The summed E-state index contributed by atoms with van der Waals surface area (Å²) in [6, 6.07) is 16.5. The number of carbonyl (C=O) groups is 3. The lowest BCUT2D eigenvalue weighted by Crippen LogP contribution is -2.34. The van der Waals surface area contributed by atoms with E-state index in [4.69, 9.17) is 9.47 Å². The summed E-state index contributed by atoms with van der Waals surface area (Å²) in [7, 11) is 0. The first-order valence-electron chi connectivity index (χ1n) is 9.93. The van der Waals surface area contributed by atoms with Gasteiger partial charge in [0.15, 0.2) is 13.2 Å². The highest BCUT2D eigenvalue weighted by atomic mass is 19.1. The Balaban J connectivity index is 1.49. The average molecular weight is 438 g/mol. The van der Waals surface area contributed by atoms with Crippen LogP contribution in [0, 0.1) is 19.7 Å². The fourth-order valence-corrected chi connectivity index (χ4v) is 3.22. The highest BCUT2D eigenvalue weighted by Crippen LogP contribution is 2.22. The van der Waals surface area contributed by atoms with Gasteiger partial charge in [0.05, 0.1) is 0 Å². The molecule has 0 saturated carbocycles. The third-order valence-electron chi connectivity index (χ3n) is 4.71. The number of ketones is 1. The molecule has 0 bridgehead atoms. The van der Waals surface area contributed by atoms with E-state index in [1.165, 1.54) is 12.1 Å². The van der Waals surface area contributed by atoms with Gasteiger partial charge in [0.25, 0.3) is 5.91 Å². The van der Waals surface area contributed by atoms with Crippen molar-refractivity contribution in [3.05, 3.63) is 83.4 Å². The summed E-state index contributed by atoms with van der Waals surface area (Å²) < 4.78 is 25.6. The highest BCUT2D eigenvalue weighted by Gasteiger charge is 2.18. The summed E-state index contributed by atoms with van der Waals surface area (Å²) in [4.78, 5) is 36.2. The number of benzene rings is 2. The normalized spacial score (nSPS) is 10.5. The van der Waals surface area contributed by atoms with Gasteiger partial charge in [-0.15, -0.1) is 0 Å². The number of hydrogen-bond acceptors (Lipinski definition) is 5. The number of nitrogens with zero attached hydrogens (tertiary/aromatic N) is 1. The molecule has 0 spiro atoms. The van der Waals surface area contributed by atoms with Gasteiger partial charge in [-0.05, 0) is 50.2 Å². The van der Waals surface area contributed by atoms with Gasteiger partial charge < -0.3 is 19.4 Å². The zero-order valence-electron chi connectivity index (χ0n) is 17.8. The summed E-state index contributed by atoms with van der Waals surface area (Å²) in [5, 5.41) is 2.38. The molecule has 0 aliphatic heterocycles. The van der Waals surface area contributed by atoms with E-state index in [1.807, 2.05) is 6.07 Å². The van der Waals surface area contributed by atoms with Crippen LogP contribution in [0.4, 0.5) is 4.39 Å². The van der Waals surface area contributed by atoms with Crippen LogP contribution in [0.15, 0.2) is 60.7 Å². The SMILES string of the molecule is Cc1cc(C(=O)COC(=O)CNC(=O)COc2ccccc2)c(C)n1-c1cccc(F)c1. The molecule has 0 atom stereocenters. The molecule has 0 saturated heterocycles. The van der Waals surface area contributed by atoms with Gasteiger partial charge in [-0.3, -0.25) is 14.4 Å². The lowest BCUT2D eigenvalue weighted by Gasteiger charge is -2.10. The zero-order chi connectivity index (χ0) is 23.1. The van der Waals surface area contributed by atoms with Gasteiger partial charge >= 0.3 is 5.97 Å². The summed E-state index contributed by atoms with van der Waals surface area (Å²) in [5.41, 5.74) is 2.32. The average Bonchev–Trinajstić information content (AvgIpc) is 3.09. The lowest BCUT2D eigenvalue weighted by molar-refractivity contribution is -0.143. The number of hydrogen-bond donors (Lipinski definition) is 1. The molecule has 8 heteroatoms. The highest BCUT2D eigenvalue weighted by molar-refractivity contribution is 5.99. The van der Waals surface area contributed by atoms with E-state index < -0.39 is 24.3 Å². The Morgan fingerprint density at radius 1 is 0.969 bits per heavy atom. The third kappa shape index (κ3) is 5.81. The van der Waals surface area contributed by atoms with Gasteiger partial charge in [0.2, 0.25) is 5.78 Å². The van der Waals surface area contributed by atoms with E-state index >= 15 is 0 Å². The number of nitrogens with one attached hydrogen (secondary N) is 1. The molecule has 3 rings (SSSR count). The topological polar surface area (TPSA) is 86.6 Å². The first kappa shape index (κ1) is 22.7. The first-order chi connectivity index (χ1) is 15.3. The van der Waals surface area contributed by atoms with Crippen molar-refractivity contribution in [3.8, 4) is 11.4 Å². The van der Waals surface area contributed by atoms with E-state index in [-0.39, 0.29) is 19.0 Å². The van der Waals surface area contributed by atoms with Crippen LogP contribution in [0.25, 0.3) is 5.69 Å². The maximum absolute atomic E-state index is 13.6. The van der Waals surface area contributed by atoms with Crippen molar-refractivity contribution in [2.24, 2.45) is 0 Å². The number of aryl methyl sites for hydroxylation is 1. The van der Waals surface area contributed by atoms with Crippen molar-refractivity contribution in [1.29, 1.82) is 0 Å². The number of para-hydroxylation sites is 1. The van der Waals surface area contributed by atoms with E-state index in [0.29, 0.717) is 22.7 Å². The number of ether oxygens (including phenoxy) is 2. The van der Waals surface area contributed by atoms with Gasteiger partial charge in [0, 0.05) is 22.6 Å². The Kier molecular flexibility index (Phi) is 7.38. The van der Waals surface area contributed by atoms with Gasteiger partial charge in [-0.2, -0.15) is 0 Å². The third-order valence-corrected chi connectivity index (χ3v) is 4.71. The van der Waals surface area contributed by atoms with Crippen molar-refractivity contribution in [1.82, 2.24) is 9.88 Å². The van der Waals surface area contributed by atoms with Crippen LogP contribution in [-0.2, 0) is 14.3 Å². The Labute approximate surface area is 184 Å². The Hall–Kier alpha value is -3.94. The van der Waals surface area contributed by atoms with Crippen molar-refractivity contribution >= 4 is 17.7 Å². The van der Waals surface area contributed by atoms with Gasteiger partial charge in [0.1, 0.15) is 18.1 Å². The zero-order valence-corrected chi connectivity index (χ0v) is 17.8. The molecular weight excluding hydrogens is 415 g/mol. The van der Waals surface area contributed by atoms with Crippen molar-refractivity contribution in [2.75, 3.05) is 19.8 Å². The molecule has 1 N–H and O–H groups in total. The van der Waals surface area contributed by atoms with E-state index in [1.54, 1.807) is 60.9 Å². The number of carbonyl (C=O) groups excluding carboxylic acids is 3. The largest absolute Gasteiger partial charge is 0.484 e. The van der Waals surface area contributed by atoms with Crippen LogP contribution in [0.1, 0.15) is 21.7 Å². The smallest absolute Gasteiger partial charge is 0.325 e. The number of halogens is 1. The number of Topliss-reactive ketones (excluding diaryl/α,β-unsaturated/α-hetero) is 1. The Morgan fingerprint density at radius 2 is 1.72 bits per heavy atom.